The van der Waals surface area contributed by atoms with Gasteiger partial charge < -0.3 is 14.2 Å². The highest BCUT2D eigenvalue weighted by Gasteiger charge is 2.19. The molecule has 0 aliphatic heterocycles. The van der Waals surface area contributed by atoms with E-state index in [2.05, 4.69) is 142 Å². The lowest BCUT2D eigenvalue weighted by molar-refractivity contribution is -0.167. The summed E-state index contributed by atoms with van der Waals surface area (Å²) in [5, 5.41) is 0. The van der Waals surface area contributed by atoms with Crippen LogP contribution < -0.4 is 0 Å². The van der Waals surface area contributed by atoms with Gasteiger partial charge in [-0.15, -0.1) is 0 Å². The zero-order valence-corrected chi connectivity index (χ0v) is 50.2. The number of ether oxygens (including phenoxy) is 3. The Kier molecular flexibility index (Phi) is 60.8. The minimum Gasteiger partial charge on any atom is -0.462 e. The second-order valence-corrected chi connectivity index (χ2v) is 20.9. The number of carbonyl (C=O) groups excluding carboxylic acids is 3. The lowest BCUT2D eigenvalue weighted by atomic mass is 10.0. The van der Waals surface area contributed by atoms with Crippen molar-refractivity contribution in [1.29, 1.82) is 0 Å². The highest BCUT2D eigenvalue weighted by molar-refractivity contribution is 5.71. The van der Waals surface area contributed by atoms with Crippen LogP contribution in [0.25, 0.3) is 0 Å². The predicted octanol–water partition coefficient (Wildman–Crippen LogP) is 22.0. The Morgan fingerprint density at radius 3 is 0.792 bits per heavy atom. The van der Waals surface area contributed by atoms with Crippen LogP contribution in [0.5, 0.6) is 0 Å². The van der Waals surface area contributed by atoms with Gasteiger partial charge in [0.05, 0.1) is 0 Å². The van der Waals surface area contributed by atoms with Gasteiger partial charge in [0.1, 0.15) is 13.2 Å². The lowest BCUT2D eigenvalue weighted by Gasteiger charge is -2.18. The molecule has 1 atom stereocenters. The Bertz CT molecular complexity index is 1600. The fourth-order valence-corrected chi connectivity index (χ4v) is 8.73. The van der Waals surface area contributed by atoms with E-state index in [0.717, 1.165) is 135 Å². The minimum atomic E-state index is -0.791. The van der Waals surface area contributed by atoms with Gasteiger partial charge in [0, 0.05) is 19.3 Å². The Balaban J connectivity index is 4.16. The first-order chi connectivity index (χ1) is 38.0. The first kappa shape index (κ1) is 72.8. The number of allylic oxidation sites excluding steroid dienone is 20. The average Bonchev–Trinajstić information content (AvgIpc) is 3.43. The normalized spacial score (nSPS) is 12.9. The molecule has 0 fully saturated rings. The first-order valence-corrected chi connectivity index (χ1v) is 32.0. The van der Waals surface area contributed by atoms with Gasteiger partial charge in [-0.05, 0) is 109 Å². The van der Waals surface area contributed by atoms with E-state index in [1.54, 1.807) is 0 Å². The molecule has 0 rings (SSSR count). The van der Waals surface area contributed by atoms with Crippen molar-refractivity contribution in [2.24, 2.45) is 0 Å². The van der Waals surface area contributed by atoms with Gasteiger partial charge in [0.2, 0.25) is 0 Å². The van der Waals surface area contributed by atoms with Crippen molar-refractivity contribution in [2.75, 3.05) is 13.2 Å². The number of hydrogen-bond donors (Lipinski definition) is 0. The van der Waals surface area contributed by atoms with Crippen molar-refractivity contribution in [3.63, 3.8) is 0 Å². The van der Waals surface area contributed by atoms with E-state index in [9.17, 15) is 14.4 Å². The SMILES string of the molecule is CC/C=C\C/C=C\C/C=C\C/C=C\C/C=C\C/C=C\CCCCCCC(=O)OC(COC(=O)CCCCCCCCC)COC(=O)CCCCCCCCCCCCCCCCCC/C=C\C/C=C\C/C=C\C/C=C\CC. The van der Waals surface area contributed by atoms with Crippen molar-refractivity contribution in [2.45, 2.75) is 297 Å². The molecule has 6 heteroatoms. The Morgan fingerprint density at radius 1 is 0.273 bits per heavy atom. The van der Waals surface area contributed by atoms with Crippen LogP contribution in [0.2, 0.25) is 0 Å². The summed E-state index contributed by atoms with van der Waals surface area (Å²) in [7, 11) is 0. The maximum absolute atomic E-state index is 12.9. The maximum Gasteiger partial charge on any atom is 0.306 e. The second kappa shape index (κ2) is 64.3. The molecule has 77 heavy (non-hydrogen) atoms. The highest BCUT2D eigenvalue weighted by Crippen LogP contribution is 2.16. The molecule has 0 saturated heterocycles. The molecule has 0 aromatic rings. The van der Waals surface area contributed by atoms with E-state index in [-0.39, 0.29) is 31.1 Å². The van der Waals surface area contributed by atoms with E-state index in [0.29, 0.717) is 19.3 Å². The summed E-state index contributed by atoms with van der Waals surface area (Å²) in [5.41, 5.74) is 0. The molecular formula is C71H118O6. The molecule has 1 unspecified atom stereocenters. The summed E-state index contributed by atoms with van der Waals surface area (Å²) in [5.74, 6) is -0.915. The molecule has 0 aliphatic rings. The molecule has 0 amide bonds. The predicted molar refractivity (Wildman–Crippen MR) is 334 cm³/mol. The Labute approximate surface area is 475 Å². The van der Waals surface area contributed by atoms with Crippen LogP contribution in [0.15, 0.2) is 122 Å². The maximum atomic E-state index is 12.9. The van der Waals surface area contributed by atoms with Crippen molar-refractivity contribution in [1.82, 2.24) is 0 Å². The molecule has 0 heterocycles. The van der Waals surface area contributed by atoms with Crippen molar-refractivity contribution in [3.05, 3.63) is 122 Å². The number of carbonyl (C=O) groups is 3. The van der Waals surface area contributed by atoms with Gasteiger partial charge in [-0.2, -0.15) is 0 Å². The number of unbranched alkanes of at least 4 members (excludes halogenated alkanes) is 26. The van der Waals surface area contributed by atoms with Crippen LogP contribution in [0.4, 0.5) is 0 Å². The van der Waals surface area contributed by atoms with Crippen molar-refractivity contribution < 1.29 is 28.6 Å². The zero-order valence-electron chi connectivity index (χ0n) is 50.2. The van der Waals surface area contributed by atoms with E-state index in [4.69, 9.17) is 14.2 Å². The molecule has 0 spiro atoms. The molecule has 0 saturated carbocycles. The van der Waals surface area contributed by atoms with E-state index in [1.807, 2.05) is 0 Å². The summed E-state index contributed by atoms with van der Waals surface area (Å²) >= 11 is 0. The average molecular weight is 1070 g/mol. The number of esters is 3. The molecule has 0 bridgehead atoms. The van der Waals surface area contributed by atoms with Crippen LogP contribution in [-0.4, -0.2) is 37.2 Å². The quantitative estimate of drug-likeness (QED) is 0.0261. The smallest absolute Gasteiger partial charge is 0.306 e. The fourth-order valence-electron chi connectivity index (χ4n) is 8.73. The van der Waals surface area contributed by atoms with Crippen molar-refractivity contribution in [3.8, 4) is 0 Å². The van der Waals surface area contributed by atoms with E-state index >= 15 is 0 Å². The molecular weight excluding hydrogens is 949 g/mol. The van der Waals surface area contributed by atoms with E-state index < -0.39 is 6.10 Å². The third-order valence-electron chi connectivity index (χ3n) is 13.5. The third kappa shape index (κ3) is 62.5. The second-order valence-electron chi connectivity index (χ2n) is 20.9. The third-order valence-corrected chi connectivity index (χ3v) is 13.5. The molecule has 438 valence electrons. The van der Waals surface area contributed by atoms with Crippen LogP contribution in [0.3, 0.4) is 0 Å². The minimum absolute atomic E-state index is 0.0883. The van der Waals surface area contributed by atoms with Gasteiger partial charge in [-0.3, -0.25) is 14.4 Å². The summed E-state index contributed by atoms with van der Waals surface area (Å²) in [6.45, 7) is 6.36. The molecule has 0 radical (unpaired) electrons. The fraction of sp³-hybridized carbons (Fsp3) is 0.676. The summed E-state index contributed by atoms with van der Waals surface area (Å²) in [6, 6.07) is 0. The molecule has 0 aromatic heterocycles. The number of rotatable bonds is 57. The largest absolute Gasteiger partial charge is 0.462 e. The summed E-state index contributed by atoms with van der Waals surface area (Å²) < 4.78 is 16.8. The monoisotopic (exact) mass is 1070 g/mol. The standard InChI is InChI=1S/C71H118O6/c1-4-7-10-13-16-18-20-22-24-26-28-30-32-33-34-35-36-37-39-40-42-44-46-48-50-52-55-58-61-64-70(73)76-67-68(66-75-69(72)63-60-57-54-15-12-9-6-3)77-71(74)65-62-59-56-53-51-49-47-45-43-41-38-31-29-27-25-23-21-19-17-14-11-8-5-2/h7-8,10-11,16-19,22-25,28-31,41,43,47,49,68H,4-6,9,12-15,20-21,26-27,32-40,42,44-46,48,50-67H2,1-3H3/b10-7-,11-8-,18-16-,19-17-,24-22-,25-23-,30-28-,31-29-,43-41-,49-47-. The van der Waals surface area contributed by atoms with Gasteiger partial charge in [0.25, 0.3) is 0 Å². The van der Waals surface area contributed by atoms with Crippen LogP contribution >= 0.6 is 0 Å². The number of hydrogen-bond acceptors (Lipinski definition) is 6. The van der Waals surface area contributed by atoms with Crippen LogP contribution in [0, 0.1) is 0 Å². The summed E-state index contributed by atoms with van der Waals surface area (Å²) in [6.07, 6.45) is 89.5. The van der Waals surface area contributed by atoms with Crippen LogP contribution in [0.1, 0.15) is 290 Å². The van der Waals surface area contributed by atoms with Crippen LogP contribution in [-0.2, 0) is 28.6 Å². The van der Waals surface area contributed by atoms with E-state index in [1.165, 1.54) is 116 Å². The summed E-state index contributed by atoms with van der Waals surface area (Å²) in [4.78, 5) is 38.1. The van der Waals surface area contributed by atoms with Gasteiger partial charge in [-0.25, -0.2) is 0 Å². The molecule has 0 aliphatic carbocycles. The highest BCUT2D eigenvalue weighted by atomic mass is 16.6. The molecule has 6 nitrogen and oxygen atoms in total. The van der Waals surface area contributed by atoms with Gasteiger partial charge in [0.15, 0.2) is 6.10 Å². The molecule has 0 aromatic carbocycles. The Hall–Kier alpha value is -4.19. The van der Waals surface area contributed by atoms with Crippen molar-refractivity contribution >= 4 is 17.9 Å². The zero-order chi connectivity index (χ0) is 55.7. The Morgan fingerprint density at radius 2 is 0.506 bits per heavy atom. The lowest BCUT2D eigenvalue weighted by Crippen LogP contribution is -2.30. The van der Waals surface area contributed by atoms with Gasteiger partial charge >= 0.3 is 17.9 Å². The molecule has 0 N–H and O–H groups in total. The topological polar surface area (TPSA) is 78.9 Å². The first-order valence-electron chi connectivity index (χ1n) is 32.0. The van der Waals surface area contributed by atoms with Gasteiger partial charge in [-0.1, -0.05) is 284 Å².